The van der Waals surface area contributed by atoms with Crippen LogP contribution in [0.15, 0.2) is 30.9 Å². The lowest BCUT2D eigenvalue weighted by atomic mass is 9.48. The van der Waals surface area contributed by atoms with Gasteiger partial charge in [-0.3, -0.25) is 4.79 Å². The normalized spacial score (nSPS) is 34.4. The molecule has 3 heteroatoms. The van der Waals surface area contributed by atoms with E-state index in [2.05, 4.69) is 6.58 Å². The fourth-order valence-electron chi connectivity index (χ4n) is 5.78. The lowest BCUT2D eigenvalue weighted by Crippen LogP contribution is -2.48. The summed E-state index contributed by atoms with van der Waals surface area (Å²) in [7, 11) is 0. The first-order valence-corrected chi connectivity index (χ1v) is 9.05. The molecule has 0 unspecified atom stereocenters. The molecule has 2 nitrogen and oxygen atoms in total. The van der Waals surface area contributed by atoms with E-state index in [4.69, 9.17) is 16.3 Å². The summed E-state index contributed by atoms with van der Waals surface area (Å²) in [6, 6.07) is 5.70. The summed E-state index contributed by atoms with van der Waals surface area (Å²) < 4.78 is 5.94. The lowest BCUT2D eigenvalue weighted by Gasteiger charge is -2.57. The van der Waals surface area contributed by atoms with Gasteiger partial charge in [0.05, 0.1) is 0 Å². The number of rotatable bonds is 5. The lowest BCUT2D eigenvalue weighted by molar-refractivity contribution is -0.00629. The minimum Gasteiger partial charge on any atom is -0.489 e. The molecule has 4 aliphatic rings. The molecule has 0 saturated heterocycles. The third kappa shape index (κ3) is 2.61. The highest BCUT2D eigenvalue weighted by molar-refractivity contribution is 6.67. The zero-order valence-electron chi connectivity index (χ0n) is 13.4. The van der Waals surface area contributed by atoms with Crippen LogP contribution in [0.1, 0.15) is 54.4 Å². The molecular weight excluding hydrogens is 308 g/mol. The van der Waals surface area contributed by atoms with Gasteiger partial charge in [0.2, 0.25) is 0 Å². The van der Waals surface area contributed by atoms with Gasteiger partial charge in [0.1, 0.15) is 12.4 Å². The van der Waals surface area contributed by atoms with Crippen molar-refractivity contribution < 1.29 is 9.53 Å². The molecule has 0 atom stereocenters. The highest BCUT2D eigenvalue weighted by Gasteiger charge is 2.52. The summed E-state index contributed by atoms with van der Waals surface area (Å²) in [6.07, 6.45) is 9.68. The Morgan fingerprint density at radius 1 is 1.22 bits per heavy atom. The Hall–Kier alpha value is -1.28. The SMILES string of the molecule is C=CCOc1ccc(C(=O)Cl)cc1C12CC3CC(CC(C3)C1)C2. The van der Waals surface area contributed by atoms with Crippen LogP contribution in [-0.2, 0) is 5.41 Å². The smallest absolute Gasteiger partial charge is 0.252 e. The molecule has 4 aliphatic carbocycles. The average molecular weight is 331 g/mol. The van der Waals surface area contributed by atoms with Crippen molar-refractivity contribution >= 4 is 16.8 Å². The average Bonchev–Trinajstić information content (AvgIpc) is 2.51. The highest BCUT2D eigenvalue weighted by Crippen LogP contribution is 2.61. The van der Waals surface area contributed by atoms with Gasteiger partial charge >= 0.3 is 0 Å². The Kier molecular flexibility index (Phi) is 3.76. The van der Waals surface area contributed by atoms with Crippen molar-refractivity contribution in [2.45, 2.75) is 43.9 Å². The van der Waals surface area contributed by atoms with E-state index < -0.39 is 0 Å². The Morgan fingerprint density at radius 3 is 2.35 bits per heavy atom. The van der Waals surface area contributed by atoms with E-state index in [1.165, 1.54) is 44.1 Å². The Labute approximate surface area is 142 Å². The summed E-state index contributed by atoms with van der Waals surface area (Å²) in [5.41, 5.74) is 1.99. The maximum Gasteiger partial charge on any atom is 0.252 e. The van der Waals surface area contributed by atoms with Crippen molar-refractivity contribution in [1.82, 2.24) is 0 Å². The quantitative estimate of drug-likeness (QED) is 0.554. The molecule has 0 aromatic heterocycles. The number of carbonyl (C=O) groups is 1. The van der Waals surface area contributed by atoms with Gasteiger partial charge in [-0.2, -0.15) is 0 Å². The molecule has 4 bridgehead atoms. The molecule has 0 radical (unpaired) electrons. The zero-order valence-corrected chi connectivity index (χ0v) is 14.1. The Balaban J connectivity index is 1.77. The van der Waals surface area contributed by atoms with Crippen molar-refractivity contribution in [2.75, 3.05) is 6.61 Å². The molecule has 0 spiro atoms. The summed E-state index contributed by atoms with van der Waals surface area (Å²) in [5.74, 6) is 3.46. The molecule has 1 aromatic carbocycles. The first kappa shape index (κ1) is 15.3. The molecule has 122 valence electrons. The second kappa shape index (κ2) is 5.66. The van der Waals surface area contributed by atoms with Gasteiger partial charge < -0.3 is 4.74 Å². The first-order chi connectivity index (χ1) is 11.1. The van der Waals surface area contributed by atoms with Crippen LogP contribution in [0.25, 0.3) is 0 Å². The number of carbonyl (C=O) groups excluding carboxylic acids is 1. The van der Waals surface area contributed by atoms with Gasteiger partial charge in [-0.15, -0.1) is 0 Å². The fourth-order valence-corrected chi connectivity index (χ4v) is 5.90. The predicted octanol–water partition coefficient (Wildman–Crippen LogP) is 5.10. The predicted molar refractivity (Wildman–Crippen MR) is 92.2 cm³/mol. The minimum absolute atomic E-state index is 0.188. The van der Waals surface area contributed by atoms with E-state index in [1.807, 2.05) is 12.1 Å². The van der Waals surface area contributed by atoms with Gasteiger partial charge in [0.25, 0.3) is 5.24 Å². The van der Waals surface area contributed by atoms with Crippen LogP contribution in [0.2, 0.25) is 0 Å². The number of hydrogen-bond acceptors (Lipinski definition) is 2. The van der Waals surface area contributed by atoms with Gasteiger partial charge in [0.15, 0.2) is 0 Å². The number of hydrogen-bond donors (Lipinski definition) is 0. The van der Waals surface area contributed by atoms with E-state index in [-0.39, 0.29) is 10.7 Å². The number of benzene rings is 1. The number of halogens is 1. The van der Waals surface area contributed by atoms with Gasteiger partial charge in [0, 0.05) is 11.1 Å². The highest BCUT2D eigenvalue weighted by atomic mass is 35.5. The first-order valence-electron chi connectivity index (χ1n) is 8.68. The third-order valence-electron chi connectivity index (χ3n) is 6.17. The van der Waals surface area contributed by atoms with Gasteiger partial charge in [-0.1, -0.05) is 12.7 Å². The van der Waals surface area contributed by atoms with Crippen molar-refractivity contribution in [3.8, 4) is 5.75 Å². The topological polar surface area (TPSA) is 26.3 Å². The molecule has 0 heterocycles. The van der Waals surface area contributed by atoms with Crippen molar-refractivity contribution in [3.63, 3.8) is 0 Å². The van der Waals surface area contributed by atoms with Crippen molar-refractivity contribution in [3.05, 3.63) is 42.0 Å². The Morgan fingerprint density at radius 2 is 1.83 bits per heavy atom. The van der Waals surface area contributed by atoms with Crippen LogP contribution in [0.5, 0.6) is 5.75 Å². The van der Waals surface area contributed by atoms with Crippen LogP contribution in [0.3, 0.4) is 0 Å². The molecule has 4 fully saturated rings. The molecule has 5 rings (SSSR count). The maximum absolute atomic E-state index is 11.7. The summed E-state index contributed by atoms with van der Waals surface area (Å²) in [4.78, 5) is 11.7. The summed E-state index contributed by atoms with van der Waals surface area (Å²) in [5, 5.41) is -0.383. The van der Waals surface area contributed by atoms with E-state index in [0.29, 0.717) is 12.2 Å². The van der Waals surface area contributed by atoms with Crippen LogP contribution in [0.4, 0.5) is 0 Å². The second-order valence-electron chi connectivity index (χ2n) is 7.78. The van der Waals surface area contributed by atoms with Crippen molar-refractivity contribution in [2.24, 2.45) is 17.8 Å². The monoisotopic (exact) mass is 330 g/mol. The molecule has 1 aromatic rings. The molecule has 0 aliphatic heterocycles. The fraction of sp³-hybridized carbons (Fsp3) is 0.550. The largest absolute Gasteiger partial charge is 0.489 e. The van der Waals surface area contributed by atoms with E-state index in [0.717, 1.165) is 23.5 Å². The van der Waals surface area contributed by atoms with Gasteiger partial charge in [-0.05, 0) is 91.5 Å². The molecule has 0 N–H and O–H groups in total. The minimum atomic E-state index is -0.383. The number of ether oxygens (including phenoxy) is 1. The third-order valence-corrected chi connectivity index (χ3v) is 6.39. The molecule has 0 amide bonds. The standard InChI is InChI=1S/C20H23ClO2/c1-2-5-23-18-4-3-16(19(21)22)9-17(18)20-10-13-6-14(11-20)8-15(7-13)12-20/h2-4,9,13-15H,1,5-8,10-12H2. The molecule has 23 heavy (non-hydrogen) atoms. The van der Waals surface area contributed by atoms with Crippen LogP contribution < -0.4 is 4.74 Å². The van der Waals surface area contributed by atoms with E-state index in [1.54, 1.807) is 12.1 Å². The second-order valence-corrected chi connectivity index (χ2v) is 8.13. The maximum atomic E-state index is 11.7. The molecule has 4 saturated carbocycles. The summed E-state index contributed by atoms with van der Waals surface area (Å²) >= 11 is 5.74. The summed E-state index contributed by atoms with van der Waals surface area (Å²) in [6.45, 7) is 4.24. The van der Waals surface area contributed by atoms with Gasteiger partial charge in [-0.25, -0.2) is 0 Å². The van der Waals surface area contributed by atoms with E-state index >= 15 is 0 Å². The van der Waals surface area contributed by atoms with E-state index in [9.17, 15) is 4.79 Å². The van der Waals surface area contributed by atoms with Crippen LogP contribution in [0, 0.1) is 17.8 Å². The zero-order chi connectivity index (χ0) is 16.0. The Bertz CT molecular complexity index is 614. The van der Waals surface area contributed by atoms with Crippen LogP contribution >= 0.6 is 11.6 Å². The van der Waals surface area contributed by atoms with Crippen molar-refractivity contribution in [1.29, 1.82) is 0 Å². The molecular formula is C20H23ClO2. The van der Waals surface area contributed by atoms with Crippen LogP contribution in [-0.4, -0.2) is 11.8 Å².